The second-order valence-electron chi connectivity index (χ2n) is 6.82. The number of nitro groups is 1. The summed E-state index contributed by atoms with van der Waals surface area (Å²) in [6.45, 7) is 0.487. The maximum absolute atomic E-state index is 13.0. The van der Waals surface area contributed by atoms with Crippen LogP contribution >= 0.6 is 0 Å². The topological polar surface area (TPSA) is 102 Å². The number of esters is 1. The molecule has 3 rings (SSSR count). The molecule has 2 aromatic rings. The zero-order valence-electron chi connectivity index (χ0n) is 16.1. The number of rotatable bonds is 6. The van der Waals surface area contributed by atoms with Gasteiger partial charge >= 0.3 is 12.1 Å². The summed E-state index contributed by atoms with van der Waals surface area (Å²) in [5, 5.41) is 13.5. The van der Waals surface area contributed by atoms with Crippen molar-refractivity contribution in [1.29, 1.82) is 0 Å². The van der Waals surface area contributed by atoms with E-state index in [1.165, 1.54) is 24.3 Å². The fourth-order valence-electron chi connectivity index (χ4n) is 3.26. The van der Waals surface area contributed by atoms with Crippen LogP contribution in [0.5, 0.6) is 0 Å². The van der Waals surface area contributed by atoms with E-state index < -0.39 is 40.8 Å². The number of alkyl halides is 3. The Morgan fingerprint density at radius 3 is 2.45 bits per heavy atom. The third-order valence-electron chi connectivity index (χ3n) is 4.70. The zero-order chi connectivity index (χ0) is 22.6. The standard InChI is InChI=1S/C20H18F3N3O5/c21-20(22,23)14-5-1-2-6-15(14)24-18(27)12-31-19(28)13-7-8-16(17(11-13)26(29)30)25-9-3-4-10-25/h1-2,5-8,11H,3-4,9-10,12H2,(H,24,27). The summed E-state index contributed by atoms with van der Waals surface area (Å²) in [6, 6.07) is 8.23. The quantitative estimate of drug-likeness (QED) is 0.416. The van der Waals surface area contributed by atoms with Crippen LogP contribution in [-0.4, -0.2) is 36.5 Å². The van der Waals surface area contributed by atoms with E-state index in [9.17, 15) is 32.9 Å². The summed E-state index contributed by atoms with van der Waals surface area (Å²) < 4.78 is 43.8. The largest absolute Gasteiger partial charge is 0.452 e. The molecule has 164 valence electrons. The normalized spacial score (nSPS) is 13.7. The maximum Gasteiger partial charge on any atom is 0.418 e. The number of para-hydroxylation sites is 1. The lowest BCUT2D eigenvalue weighted by atomic mass is 10.1. The highest BCUT2D eigenvalue weighted by Crippen LogP contribution is 2.34. The first-order valence-corrected chi connectivity index (χ1v) is 9.33. The van der Waals surface area contributed by atoms with Gasteiger partial charge in [-0.1, -0.05) is 12.1 Å². The Balaban J connectivity index is 1.66. The average Bonchev–Trinajstić information content (AvgIpc) is 3.26. The van der Waals surface area contributed by atoms with E-state index >= 15 is 0 Å². The van der Waals surface area contributed by atoms with E-state index in [4.69, 9.17) is 4.74 Å². The predicted molar refractivity (Wildman–Crippen MR) is 105 cm³/mol. The average molecular weight is 437 g/mol. The number of benzene rings is 2. The van der Waals surface area contributed by atoms with Crippen LogP contribution < -0.4 is 10.2 Å². The van der Waals surface area contributed by atoms with E-state index in [2.05, 4.69) is 0 Å². The Hall–Kier alpha value is -3.63. The van der Waals surface area contributed by atoms with Gasteiger partial charge in [-0.15, -0.1) is 0 Å². The molecule has 1 aliphatic heterocycles. The second-order valence-corrected chi connectivity index (χ2v) is 6.82. The molecular formula is C20H18F3N3O5. The molecule has 11 heteroatoms. The Bertz CT molecular complexity index is 1000. The molecule has 0 aliphatic carbocycles. The highest BCUT2D eigenvalue weighted by atomic mass is 19.4. The fraction of sp³-hybridized carbons (Fsp3) is 0.300. The van der Waals surface area contributed by atoms with Gasteiger partial charge in [-0.25, -0.2) is 4.79 Å². The Labute approximate surface area is 174 Å². The Kier molecular flexibility index (Phi) is 6.42. The van der Waals surface area contributed by atoms with E-state index in [-0.39, 0.29) is 11.3 Å². The first-order valence-electron chi connectivity index (χ1n) is 9.33. The molecule has 0 bridgehead atoms. The van der Waals surface area contributed by atoms with Crippen molar-refractivity contribution >= 4 is 28.9 Å². The van der Waals surface area contributed by atoms with Crippen LogP contribution in [0, 0.1) is 10.1 Å². The van der Waals surface area contributed by atoms with Gasteiger partial charge in [0.05, 0.1) is 21.7 Å². The first kappa shape index (κ1) is 22.1. The van der Waals surface area contributed by atoms with Crippen LogP contribution in [0.4, 0.5) is 30.2 Å². The van der Waals surface area contributed by atoms with Gasteiger partial charge in [0.2, 0.25) is 0 Å². The van der Waals surface area contributed by atoms with Crippen molar-refractivity contribution in [2.24, 2.45) is 0 Å². The minimum absolute atomic E-state index is 0.141. The van der Waals surface area contributed by atoms with Crippen molar-refractivity contribution in [3.63, 3.8) is 0 Å². The molecule has 0 radical (unpaired) electrons. The molecule has 8 nitrogen and oxygen atoms in total. The van der Waals surface area contributed by atoms with Crippen LogP contribution in [0.15, 0.2) is 42.5 Å². The number of amides is 1. The molecule has 0 atom stereocenters. The zero-order valence-corrected chi connectivity index (χ0v) is 16.1. The number of halogens is 3. The van der Waals surface area contributed by atoms with Gasteiger partial charge < -0.3 is 15.0 Å². The smallest absolute Gasteiger partial charge is 0.418 e. The molecule has 0 aromatic heterocycles. The van der Waals surface area contributed by atoms with Gasteiger partial charge in [0.15, 0.2) is 6.61 Å². The Morgan fingerprint density at radius 2 is 1.81 bits per heavy atom. The number of hydrogen-bond donors (Lipinski definition) is 1. The van der Waals surface area contributed by atoms with Crippen molar-refractivity contribution in [3.05, 3.63) is 63.7 Å². The van der Waals surface area contributed by atoms with Crippen LogP contribution in [0.1, 0.15) is 28.8 Å². The fourth-order valence-corrected chi connectivity index (χ4v) is 3.26. The second kappa shape index (κ2) is 9.02. The van der Waals surface area contributed by atoms with Crippen LogP contribution in [0.25, 0.3) is 0 Å². The van der Waals surface area contributed by atoms with Crippen molar-refractivity contribution in [3.8, 4) is 0 Å². The molecule has 1 saturated heterocycles. The minimum atomic E-state index is -4.67. The van der Waals surface area contributed by atoms with Crippen molar-refractivity contribution in [2.45, 2.75) is 19.0 Å². The highest BCUT2D eigenvalue weighted by molar-refractivity contribution is 5.96. The van der Waals surface area contributed by atoms with Gasteiger partial charge in [-0.2, -0.15) is 13.2 Å². The number of hydrogen-bond acceptors (Lipinski definition) is 6. The molecule has 1 heterocycles. The summed E-state index contributed by atoms with van der Waals surface area (Å²) >= 11 is 0. The minimum Gasteiger partial charge on any atom is -0.452 e. The summed E-state index contributed by atoms with van der Waals surface area (Å²) in [7, 11) is 0. The SMILES string of the molecule is O=C(COC(=O)c1ccc(N2CCCC2)c([N+](=O)[O-])c1)Nc1ccccc1C(F)(F)F. The molecule has 31 heavy (non-hydrogen) atoms. The van der Waals surface area contributed by atoms with Crippen molar-refractivity contribution < 1.29 is 32.4 Å². The lowest BCUT2D eigenvalue weighted by Crippen LogP contribution is -2.23. The van der Waals surface area contributed by atoms with Crippen LogP contribution in [0.2, 0.25) is 0 Å². The van der Waals surface area contributed by atoms with Gasteiger partial charge in [0, 0.05) is 19.2 Å². The molecule has 0 unspecified atom stereocenters. The monoisotopic (exact) mass is 437 g/mol. The first-order chi connectivity index (χ1) is 14.7. The van der Waals surface area contributed by atoms with Gasteiger partial charge in [0.25, 0.3) is 11.6 Å². The summed E-state index contributed by atoms with van der Waals surface area (Å²) in [5.41, 5.74) is -1.52. The lowest BCUT2D eigenvalue weighted by Gasteiger charge is -2.17. The molecule has 1 aliphatic rings. The molecule has 1 fully saturated rings. The molecule has 0 spiro atoms. The van der Waals surface area contributed by atoms with Crippen molar-refractivity contribution in [2.75, 3.05) is 29.9 Å². The molecule has 1 N–H and O–H groups in total. The predicted octanol–water partition coefficient (Wildman–Crippen LogP) is 4.01. The highest BCUT2D eigenvalue weighted by Gasteiger charge is 2.33. The van der Waals surface area contributed by atoms with Gasteiger partial charge in [-0.05, 0) is 37.1 Å². The molecule has 0 saturated carbocycles. The number of carbonyl (C=O) groups is 2. The maximum atomic E-state index is 13.0. The van der Waals surface area contributed by atoms with Gasteiger partial charge in [0.1, 0.15) is 5.69 Å². The molecular weight excluding hydrogens is 419 g/mol. The van der Waals surface area contributed by atoms with Gasteiger partial charge in [-0.3, -0.25) is 14.9 Å². The Morgan fingerprint density at radius 1 is 1.13 bits per heavy atom. The number of ether oxygens (including phenoxy) is 1. The third kappa shape index (κ3) is 5.30. The summed E-state index contributed by atoms with van der Waals surface area (Å²) in [5.74, 6) is -1.98. The van der Waals surface area contributed by atoms with Crippen molar-refractivity contribution in [1.82, 2.24) is 0 Å². The number of nitro benzene ring substituents is 1. The molecule has 1 amide bonds. The third-order valence-corrected chi connectivity index (χ3v) is 4.70. The van der Waals surface area contributed by atoms with E-state index in [0.717, 1.165) is 31.0 Å². The summed E-state index contributed by atoms with van der Waals surface area (Å²) in [4.78, 5) is 36.8. The lowest BCUT2D eigenvalue weighted by molar-refractivity contribution is -0.384. The van der Waals surface area contributed by atoms with E-state index in [1.807, 2.05) is 10.2 Å². The number of nitrogens with zero attached hydrogens (tertiary/aromatic N) is 2. The van der Waals surface area contributed by atoms with E-state index in [0.29, 0.717) is 18.8 Å². The van der Waals surface area contributed by atoms with Crippen LogP contribution in [-0.2, 0) is 15.7 Å². The number of anilines is 2. The summed E-state index contributed by atoms with van der Waals surface area (Å²) in [6.07, 6.45) is -2.85. The number of carbonyl (C=O) groups excluding carboxylic acids is 2. The van der Waals surface area contributed by atoms with E-state index in [1.54, 1.807) is 0 Å². The number of nitrogens with one attached hydrogen (secondary N) is 1. The molecule has 2 aromatic carbocycles. The van der Waals surface area contributed by atoms with Crippen LogP contribution in [0.3, 0.4) is 0 Å².